The lowest BCUT2D eigenvalue weighted by molar-refractivity contribution is 0.0307. The van der Waals surface area contributed by atoms with Crippen molar-refractivity contribution in [3.05, 3.63) is 34.9 Å². The van der Waals surface area contributed by atoms with Gasteiger partial charge in [0.05, 0.1) is 42.0 Å². The number of ether oxygens (including phenoxy) is 1. The smallest absolute Gasteiger partial charge is 0.177 e. The third-order valence-electron chi connectivity index (χ3n) is 6.53. The fourth-order valence-corrected chi connectivity index (χ4v) is 4.51. The van der Waals surface area contributed by atoms with Crippen LogP contribution < -0.4 is 5.73 Å². The second-order valence-corrected chi connectivity index (χ2v) is 9.14. The molecule has 3 aromatic heterocycles. The zero-order valence-corrected chi connectivity index (χ0v) is 20.6. The van der Waals surface area contributed by atoms with Gasteiger partial charge in [0.2, 0.25) is 0 Å². The number of morpholine rings is 1. The second-order valence-electron chi connectivity index (χ2n) is 9.14. The summed E-state index contributed by atoms with van der Waals surface area (Å²) >= 11 is 0. The van der Waals surface area contributed by atoms with Gasteiger partial charge in [0.15, 0.2) is 5.65 Å². The number of aryl methyl sites for hydroxylation is 2. The monoisotopic (exact) mass is 451 g/mol. The Hall–Kier alpha value is -2.42. The molecule has 178 valence electrons. The van der Waals surface area contributed by atoms with E-state index < -0.39 is 0 Å². The largest absolute Gasteiger partial charge is 0.379 e. The molecule has 3 aromatic rings. The van der Waals surface area contributed by atoms with Crippen LogP contribution in [0.4, 0.5) is 0 Å². The maximum absolute atomic E-state index is 6.10. The normalized spacial score (nSPS) is 16.1. The van der Waals surface area contributed by atoms with Gasteiger partial charge in [0, 0.05) is 37.4 Å². The van der Waals surface area contributed by atoms with Crippen LogP contribution in [-0.4, -0.2) is 62.5 Å². The van der Waals surface area contributed by atoms with E-state index in [1.807, 2.05) is 6.92 Å². The van der Waals surface area contributed by atoms with E-state index in [2.05, 4.69) is 49.4 Å². The first-order chi connectivity index (χ1) is 16.0. The predicted molar refractivity (Wildman–Crippen MR) is 131 cm³/mol. The maximum atomic E-state index is 6.10. The van der Waals surface area contributed by atoms with Crippen molar-refractivity contribution in [1.82, 2.24) is 29.6 Å². The summed E-state index contributed by atoms with van der Waals surface area (Å²) in [5.74, 6) is 0.349. The Balaban J connectivity index is 1.78. The Morgan fingerprint density at radius 1 is 1.06 bits per heavy atom. The van der Waals surface area contributed by atoms with Gasteiger partial charge in [0.25, 0.3) is 0 Å². The molecule has 0 bridgehead atoms. The molecule has 0 radical (unpaired) electrons. The number of hydrogen-bond donors (Lipinski definition) is 1. The second kappa shape index (κ2) is 10.2. The van der Waals surface area contributed by atoms with Crippen LogP contribution in [0.1, 0.15) is 68.9 Å². The van der Waals surface area contributed by atoms with Crippen LogP contribution >= 0.6 is 0 Å². The SMILES string of the molecule is CCc1nc2c(nc1-c1ccc(C(C)C)nc1CN)c(C)nn2C(CC)CN1CCOCC1. The molecule has 1 atom stereocenters. The zero-order chi connectivity index (χ0) is 23.5. The van der Waals surface area contributed by atoms with E-state index in [1.165, 1.54) is 0 Å². The van der Waals surface area contributed by atoms with Crippen LogP contribution in [-0.2, 0) is 17.7 Å². The number of pyridine rings is 1. The van der Waals surface area contributed by atoms with Gasteiger partial charge in [-0.05, 0) is 37.8 Å². The van der Waals surface area contributed by atoms with Gasteiger partial charge in [-0.2, -0.15) is 5.10 Å². The van der Waals surface area contributed by atoms with Gasteiger partial charge in [0.1, 0.15) is 5.52 Å². The van der Waals surface area contributed by atoms with E-state index in [-0.39, 0.29) is 6.04 Å². The van der Waals surface area contributed by atoms with Crippen molar-refractivity contribution in [2.24, 2.45) is 5.73 Å². The lowest BCUT2D eigenvalue weighted by atomic mass is 10.0. The Morgan fingerprint density at radius 2 is 1.82 bits per heavy atom. The van der Waals surface area contributed by atoms with E-state index >= 15 is 0 Å². The molecule has 4 heterocycles. The molecule has 1 unspecified atom stereocenters. The van der Waals surface area contributed by atoms with Crippen LogP contribution in [0.15, 0.2) is 12.1 Å². The topological polar surface area (TPSA) is 95.0 Å². The van der Waals surface area contributed by atoms with Crippen LogP contribution in [0.5, 0.6) is 0 Å². The predicted octanol–water partition coefficient (Wildman–Crippen LogP) is 3.62. The lowest BCUT2D eigenvalue weighted by Gasteiger charge is -2.30. The molecular weight excluding hydrogens is 414 g/mol. The fraction of sp³-hybridized carbons (Fsp3) is 0.600. The highest BCUT2D eigenvalue weighted by molar-refractivity contribution is 5.78. The standard InChI is InChI=1S/C25H37N7O/c1-6-18(15-31-10-12-33-13-11-31)32-25-23(17(5)30-32)29-24(20(7-2)28-25)19-8-9-21(16(3)4)27-22(19)14-26/h8-9,16,18H,6-7,10-15,26H2,1-5H3. The summed E-state index contributed by atoms with van der Waals surface area (Å²) in [5.41, 5.74) is 13.5. The molecule has 1 aliphatic heterocycles. The molecule has 8 nitrogen and oxygen atoms in total. The molecule has 0 amide bonds. The summed E-state index contributed by atoms with van der Waals surface area (Å²) in [6, 6.07) is 4.43. The summed E-state index contributed by atoms with van der Waals surface area (Å²) < 4.78 is 7.62. The van der Waals surface area contributed by atoms with E-state index in [1.54, 1.807) is 0 Å². The van der Waals surface area contributed by atoms with Gasteiger partial charge in [-0.15, -0.1) is 0 Å². The lowest BCUT2D eigenvalue weighted by Crippen LogP contribution is -2.40. The summed E-state index contributed by atoms with van der Waals surface area (Å²) in [4.78, 5) is 17.5. The van der Waals surface area contributed by atoms with Crippen LogP contribution in [0.25, 0.3) is 22.4 Å². The van der Waals surface area contributed by atoms with Crippen molar-refractivity contribution < 1.29 is 4.74 Å². The van der Waals surface area contributed by atoms with Crippen molar-refractivity contribution in [3.8, 4) is 11.3 Å². The van der Waals surface area contributed by atoms with Crippen LogP contribution in [0.3, 0.4) is 0 Å². The van der Waals surface area contributed by atoms with Crippen molar-refractivity contribution >= 4 is 11.2 Å². The highest BCUT2D eigenvalue weighted by atomic mass is 16.5. The van der Waals surface area contributed by atoms with Crippen LogP contribution in [0, 0.1) is 6.92 Å². The average Bonchev–Trinajstić information content (AvgIpc) is 3.17. The number of nitrogens with zero attached hydrogens (tertiary/aromatic N) is 6. The highest BCUT2D eigenvalue weighted by Gasteiger charge is 2.24. The first-order valence-corrected chi connectivity index (χ1v) is 12.2. The maximum Gasteiger partial charge on any atom is 0.177 e. The summed E-state index contributed by atoms with van der Waals surface area (Å²) in [7, 11) is 0. The first-order valence-electron chi connectivity index (χ1n) is 12.2. The van der Waals surface area contributed by atoms with E-state index in [9.17, 15) is 0 Å². The minimum Gasteiger partial charge on any atom is -0.379 e. The molecule has 1 saturated heterocycles. The minimum absolute atomic E-state index is 0.246. The molecule has 1 fully saturated rings. The quantitative estimate of drug-likeness (QED) is 0.559. The average molecular weight is 452 g/mol. The molecule has 1 aliphatic rings. The van der Waals surface area contributed by atoms with Gasteiger partial charge in [-0.3, -0.25) is 9.88 Å². The molecular formula is C25H37N7O. The Bertz CT molecular complexity index is 1100. The molecule has 4 rings (SSSR count). The molecule has 33 heavy (non-hydrogen) atoms. The minimum atomic E-state index is 0.246. The molecule has 8 heteroatoms. The fourth-order valence-electron chi connectivity index (χ4n) is 4.51. The molecule has 0 aromatic carbocycles. The van der Waals surface area contributed by atoms with Crippen LogP contribution in [0.2, 0.25) is 0 Å². The Labute approximate surface area is 196 Å². The molecule has 0 aliphatic carbocycles. The number of rotatable bonds is 8. The third-order valence-corrected chi connectivity index (χ3v) is 6.53. The number of fused-ring (bicyclic) bond motifs is 1. The Morgan fingerprint density at radius 3 is 2.45 bits per heavy atom. The molecule has 0 spiro atoms. The summed E-state index contributed by atoms with van der Waals surface area (Å²) in [5, 5.41) is 4.91. The number of nitrogens with two attached hydrogens (primary N) is 1. The first kappa shape index (κ1) is 23.7. The van der Waals surface area contributed by atoms with Gasteiger partial charge < -0.3 is 10.5 Å². The molecule has 2 N–H and O–H groups in total. The molecule has 0 saturated carbocycles. The van der Waals surface area contributed by atoms with Crippen molar-refractivity contribution in [1.29, 1.82) is 0 Å². The summed E-state index contributed by atoms with van der Waals surface area (Å²) in [6.45, 7) is 15.5. The van der Waals surface area contributed by atoms with Crippen molar-refractivity contribution in [3.63, 3.8) is 0 Å². The highest BCUT2D eigenvalue weighted by Crippen LogP contribution is 2.30. The summed E-state index contributed by atoms with van der Waals surface area (Å²) in [6.07, 6.45) is 1.76. The Kier molecular flexibility index (Phi) is 7.36. The zero-order valence-electron chi connectivity index (χ0n) is 20.6. The van der Waals surface area contributed by atoms with E-state index in [4.69, 9.17) is 30.5 Å². The van der Waals surface area contributed by atoms with Gasteiger partial charge >= 0.3 is 0 Å². The van der Waals surface area contributed by atoms with Gasteiger partial charge in [-0.25, -0.2) is 14.6 Å². The number of hydrogen-bond acceptors (Lipinski definition) is 7. The van der Waals surface area contributed by atoms with Crippen molar-refractivity contribution in [2.45, 2.75) is 66.0 Å². The van der Waals surface area contributed by atoms with Crippen molar-refractivity contribution in [2.75, 3.05) is 32.8 Å². The van der Waals surface area contributed by atoms with E-state index in [0.717, 1.165) is 90.9 Å². The van der Waals surface area contributed by atoms with Gasteiger partial charge in [-0.1, -0.05) is 27.7 Å². The van der Waals surface area contributed by atoms with E-state index in [0.29, 0.717) is 12.5 Å². The third kappa shape index (κ3) is 4.78. The number of aromatic nitrogens is 5.